The summed E-state index contributed by atoms with van der Waals surface area (Å²) in [7, 11) is 0. The summed E-state index contributed by atoms with van der Waals surface area (Å²) in [6.07, 6.45) is 6.42. The molecule has 3 aliphatic rings. The number of aliphatic hydroxyl groups excluding tert-OH is 1. The van der Waals surface area contributed by atoms with E-state index in [4.69, 9.17) is 5.11 Å². The number of aliphatic hydroxyl groups is 1. The predicted molar refractivity (Wildman–Crippen MR) is 78.4 cm³/mol. The number of allylic oxidation sites excluding steroid dienone is 2. The molecule has 3 rings (SSSR count). The summed E-state index contributed by atoms with van der Waals surface area (Å²) in [6, 6.07) is 0. The van der Waals surface area contributed by atoms with E-state index in [2.05, 4.69) is 17.5 Å². The highest BCUT2D eigenvalue weighted by Crippen LogP contribution is 2.52. The second-order valence-electron chi connectivity index (χ2n) is 6.36. The molecule has 120 valence electrons. The van der Waals surface area contributed by atoms with Crippen LogP contribution in [0.1, 0.15) is 25.7 Å². The Morgan fingerprint density at radius 3 is 2.41 bits per heavy atom. The Bertz CT molecular complexity index is 486. The smallest absolute Gasteiger partial charge is 0.233 e. The Morgan fingerprint density at radius 1 is 1.18 bits per heavy atom. The molecular formula is C16H22N2O4. The first-order chi connectivity index (χ1) is 10.6. The third kappa shape index (κ3) is 2.56. The summed E-state index contributed by atoms with van der Waals surface area (Å²) >= 11 is 0. The largest absolute Gasteiger partial charge is 0.396 e. The van der Waals surface area contributed by atoms with Crippen LogP contribution in [-0.4, -0.2) is 47.4 Å². The van der Waals surface area contributed by atoms with Gasteiger partial charge in [0, 0.05) is 26.1 Å². The zero-order valence-corrected chi connectivity index (χ0v) is 12.5. The first-order valence-electron chi connectivity index (χ1n) is 8.04. The molecule has 2 bridgehead atoms. The lowest BCUT2D eigenvalue weighted by Crippen LogP contribution is -2.34. The summed E-state index contributed by atoms with van der Waals surface area (Å²) in [5.41, 5.74) is 0. The van der Waals surface area contributed by atoms with Gasteiger partial charge >= 0.3 is 0 Å². The van der Waals surface area contributed by atoms with E-state index in [1.165, 1.54) is 4.90 Å². The van der Waals surface area contributed by atoms with Crippen LogP contribution in [0, 0.1) is 23.7 Å². The van der Waals surface area contributed by atoms with Gasteiger partial charge in [0.2, 0.25) is 17.7 Å². The molecule has 0 aromatic heterocycles. The molecule has 1 aliphatic heterocycles. The molecular weight excluding hydrogens is 284 g/mol. The number of nitrogens with zero attached hydrogens (tertiary/aromatic N) is 1. The first kappa shape index (κ1) is 15.2. The third-order valence-corrected chi connectivity index (χ3v) is 5.00. The van der Waals surface area contributed by atoms with Crippen molar-refractivity contribution in [2.75, 3.05) is 19.7 Å². The molecule has 0 aromatic carbocycles. The van der Waals surface area contributed by atoms with E-state index in [0.29, 0.717) is 32.4 Å². The fraction of sp³-hybridized carbons (Fsp3) is 0.688. The van der Waals surface area contributed by atoms with E-state index in [1.54, 1.807) is 0 Å². The molecule has 0 aromatic rings. The molecule has 6 heteroatoms. The fourth-order valence-corrected chi connectivity index (χ4v) is 3.98. The van der Waals surface area contributed by atoms with Gasteiger partial charge < -0.3 is 10.4 Å². The van der Waals surface area contributed by atoms with Crippen LogP contribution in [0.3, 0.4) is 0 Å². The molecule has 3 amide bonds. The van der Waals surface area contributed by atoms with E-state index < -0.39 is 0 Å². The van der Waals surface area contributed by atoms with Crippen molar-refractivity contribution in [3.63, 3.8) is 0 Å². The predicted octanol–water partition coefficient (Wildman–Crippen LogP) is 0.0723. The van der Waals surface area contributed by atoms with Gasteiger partial charge in [-0.15, -0.1) is 0 Å². The molecule has 6 nitrogen and oxygen atoms in total. The van der Waals surface area contributed by atoms with Crippen molar-refractivity contribution in [1.82, 2.24) is 10.2 Å². The zero-order chi connectivity index (χ0) is 15.7. The molecule has 4 atom stereocenters. The second-order valence-corrected chi connectivity index (χ2v) is 6.36. The highest BCUT2D eigenvalue weighted by Gasteiger charge is 2.58. The van der Waals surface area contributed by atoms with Crippen molar-refractivity contribution in [3.8, 4) is 0 Å². The molecule has 1 heterocycles. The molecule has 2 aliphatic carbocycles. The fourth-order valence-electron chi connectivity index (χ4n) is 3.98. The minimum Gasteiger partial charge on any atom is -0.396 e. The lowest BCUT2D eigenvalue weighted by atomic mass is 9.85. The van der Waals surface area contributed by atoms with Gasteiger partial charge in [-0.3, -0.25) is 19.3 Å². The molecule has 2 N–H and O–H groups in total. The summed E-state index contributed by atoms with van der Waals surface area (Å²) < 4.78 is 0. The number of imide groups is 1. The number of amides is 3. The van der Waals surface area contributed by atoms with Gasteiger partial charge in [0.1, 0.15) is 0 Å². The zero-order valence-electron chi connectivity index (χ0n) is 12.5. The SMILES string of the molecule is O=C(CCCN1C(=O)[C@@H]2C3C=CC(C3)[C@@H]2C1=O)NCCCO. The topological polar surface area (TPSA) is 86.7 Å². The van der Waals surface area contributed by atoms with Gasteiger partial charge in [0.25, 0.3) is 0 Å². The Hall–Kier alpha value is -1.69. The Morgan fingerprint density at radius 2 is 1.82 bits per heavy atom. The van der Waals surface area contributed by atoms with E-state index in [1.807, 2.05) is 0 Å². The molecule has 2 fully saturated rings. The van der Waals surface area contributed by atoms with Gasteiger partial charge in [-0.1, -0.05) is 12.2 Å². The van der Waals surface area contributed by atoms with Crippen molar-refractivity contribution in [2.45, 2.75) is 25.7 Å². The lowest BCUT2D eigenvalue weighted by Gasteiger charge is -2.16. The number of fused-ring (bicyclic) bond motifs is 5. The minimum atomic E-state index is -0.152. The first-order valence-corrected chi connectivity index (χ1v) is 8.04. The van der Waals surface area contributed by atoms with Crippen molar-refractivity contribution in [2.24, 2.45) is 23.7 Å². The van der Waals surface area contributed by atoms with Gasteiger partial charge in [-0.25, -0.2) is 0 Å². The maximum Gasteiger partial charge on any atom is 0.233 e. The van der Waals surface area contributed by atoms with Crippen LogP contribution in [0.5, 0.6) is 0 Å². The lowest BCUT2D eigenvalue weighted by molar-refractivity contribution is -0.141. The molecule has 0 radical (unpaired) electrons. The average Bonchev–Trinajstić information content (AvgIpc) is 3.16. The molecule has 1 saturated heterocycles. The number of carbonyl (C=O) groups is 3. The molecule has 2 unspecified atom stereocenters. The third-order valence-electron chi connectivity index (χ3n) is 5.00. The Kier molecular flexibility index (Phi) is 4.29. The quantitative estimate of drug-likeness (QED) is 0.396. The highest BCUT2D eigenvalue weighted by atomic mass is 16.3. The number of rotatable bonds is 7. The van der Waals surface area contributed by atoms with Crippen LogP contribution in [0.2, 0.25) is 0 Å². The standard InChI is InChI=1S/C16H22N2O4/c19-8-2-6-17-12(20)3-1-7-18-15(21)13-10-4-5-11(9-10)14(13)16(18)22/h4-5,10-11,13-14,19H,1-3,6-9H2,(H,17,20)/t10?,11?,13-,14+. The van der Waals surface area contributed by atoms with Gasteiger partial charge in [0.15, 0.2) is 0 Å². The average molecular weight is 306 g/mol. The molecule has 0 spiro atoms. The van der Waals surface area contributed by atoms with E-state index >= 15 is 0 Å². The molecule has 22 heavy (non-hydrogen) atoms. The van der Waals surface area contributed by atoms with Crippen LogP contribution in [-0.2, 0) is 14.4 Å². The summed E-state index contributed by atoms with van der Waals surface area (Å²) in [5, 5.41) is 11.3. The van der Waals surface area contributed by atoms with Crippen LogP contribution >= 0.6 is 0 Å². The maximum atomic E-state index is 12.4. The number of carbonyl (C=O) groups excluding carboxylic acids is 3. The Labute approximate surface area is 129 Å². The molecule has 1 saturated carbocycles. The van der Waals surface area contributed by atoms with Crippen molar-refractivity contribution in [1.29, 1.82) is 0 Å². The van der Waals surface area contributed by atoms with Crippen LogP contribution in [0.4, 0.5) is 0 Å². The van der Waals surface area contributed by atoms with Gasteiger partial charge in [-0.05, 0) is 31.1 Å². The maximum absolute atomic E-state index is 12.4. The Balaban J connectivity index is 1.47. The monoisotopic (exact) mass is 306 g/mol. The normalized spacial score (nSPS) is 32.0. The minimum absolute atomic E-state index is 0.0486. The highest BCUT2D eigenvalue weighted by molar-refractivity contribution is 6.06. The van der Waals surface area contributed by atoms with Crippen molar-refractivity contribution >= 4 is 17.7 Å². The number of hydrogen-bond donors (Lipinski definition) is 2. The van der Waals surface area contributed by atoms with Crippen molar-refractivity contribution in [3.05, 3.63) is 12.2 Å². The summed E-state index contributed by atoms with van der Waals surface area (Å²) in [5.74, 6) is -0.0345. The van der Waals surface area contributed by atoms with Crippen molar-refractivity contribution < 1.29 is 19.5 Å². The van der Waals surface area contributed by atoms with E-state index in [9.17, 15) is 14.4 Å². The summed E-state index contributed by atoms with van der Waals surface area (Å²) in [6.45, 7) is 0.837. The summed E-state index contributed by atoms with van der Waals surface area (Å²) in [4.78, 5) is 37.8. The number of nitrogens with one attached hydrogen (secondary N) is 1. The van der Waals surface area contributed by atoms with Crippen LogP contribution < -0.4 is 5.32 Å². The van der Waals surface area contributed by atoms with Crippen LogP contribution in [0.25, 0.3) is 0 Å². The van der Waals surface area contributed by atoms with Gasteiger partial charge in [0.05, 0.1) is 11.8 Å². The number of likely N-dealkylation sites (tertiary alicyclic amines) is 1. The number of hydrogen-bond acceptors (Lipinski definition) is 4. The van der Waals surface area contributed by atoms with E-state index in [0.717, 1.165) is 6.42 Å². The van der Waals surface area contributed by atoms with Gasteiger partial charge in [-0.2, -0.15) is 0 Å². The van der Waals surface area contributed by atoms with Crippen LogP contribution in [0.15, 0.2) is 12.2 Å². The second kappa shape index (κ2) is 6.20. The van der Waals surface area contributed by atoms with E-state index in [-0.39, 0.29) is 48.0 Å².